The van der Waals surface area contributed by atoms with Gasteiger partial charge in [0.05, 0.1) is 13.2 Å². The number of ether oxygens (including phenoxy) is 2. The first-order valence-electron chi connectivity index (χ1n) is 8.65. The molecule has 1 unspecified atom stereocenters. The SMILES string of the molecule is COc1ccc2cc(C3CNCCN3C(=O)OC(C)(C)C)ccc2c1. The number of carbonyl (C=O) groups excluding carboxylic acids is 1. The normalized spacial score (nSPS) is 18.2. The van der Waals surface area contributed by atoms with Gasteiger partial charge in [0, 0.05) is 19.6 Å². The number of hydrogen-bond acceptors (Lipinski definition) is 4. The van der Waals surface area contributed by atoms with Gasteiger partial charge in [0.25, 0.3) is 0 Å². The van der Waals surface area contributed by atoms with Crippen molar-refractivity contribution < 1.29 is 14.3 Å². The highest BCUT2D eigenvalue weighted by Gasteiger charge is 2.31. The summed E-state index contributed by atoms with van der Waals surface area (Å²) in [6.45, 7) is 7.82. The first-order valence-corrected chi connectivity index (χ1v) is 8.65. The summed E-state index contributed by atoms with van der Waals surface area (Å²) in [6.07, 6.45) is -0.256. The maximum atomic E-state index is 12.6. The summed E-state index contributed by atoms with van der Waals surface area (Å²) in [7, 11) is 1.67. The Hall–Kier alpha value is -2.27. The van der Waals surface area contributed by atoms with Crippen LogP contribution in [0.3, 0.4) is 0 Å². The zero-order chi connectivity index (χ0) is 18.0. The molecule has 0 aliphatic carbocycles. The number of fused-ring (bicyclic) bond motifs is 1. The van der Waals surface area contributed by atoms with Crippen LogP contribution < -0.4 is 10.1 Å². The quantitative estimate of drug-likeness (QED) is 0.903. The summed E-state index contributed by atoms with van der Waals surface area (Å²) < 4.78 is 10.9. The van der Waals surface area contributed by atoms with Gasteiger partial charge in [0.2, 0.25) is 0 Å². The van der Waals surface area contributed by atoms with E-state index >= 15 is 0 Å². The average molecular weight is 342 g/mol. The summed E-state index contributed by atoms with van der Waals surface area (Å²) >= 11 is 0. The van der Waals surface area contributed by atoms with Crippen LogP contribution in [0.5, 0.6) is 5.75 Å². The molecular weight excluding hydrogens is 316 g/mol. The van der Waals surface area contributed by atoms with E-state index in [0.29, 0.717) is 6.54 Å². The minimum Gasteiger partial charge on any atom is -0.497 e. The molecule has 0 spiro atoms. The van der Waals surface area contributed by atoms with Crippen LogP contribution >= 0.6 is 0 Å². The molecule has 2 aromatic carbocycles. The summed E-state index contributed by atoms with van der Waals surface area (Å²) in [5.41, 5.74) is 0.614. The molecule has 25 heavy (non-hydrogen) atoms. The fourth-order valence-electron chi connectivity index (χ4n) is 3.12. The third-order valence-corrected chi connectivity index (χ3v) is 4.33. The van der Waals surface area contributed by atoms with Gasteiger partial charge in [0.1, 0.15) is 11.4 Å². The summed E-state index contributed by atoms with van der Waals surface area (Å²) in [5.74, 6) is 0.843. The van der Waals surface area contributed by atoms with Crippen LogP contribution in [0.2, 0.25) is 0 Å². The van der Waals surface area contributed by atoms with Crippen LogP contribution in [0.1, 0.15) is 32.4 Å². The predicted molar refractivity (Wildman–Crippen MR) is 99.1 cm³/mol. The number of carbonyl (C=O) groups is 1. The van der Waals surface area contributed by atoms with Crippen molar-refractivity contribution in [3.05, 3.63) is 42.0 Å². The molecule has 3 rings (SSSR count). The van der Waals surface area contributed by atoms with Gasteiger partial charge in [0.15, 0.2) is 0 Å². The van der Waals surface area contributed by atoms with E-state index in [2.05, 4.69) is 23.5 Å². The number of hydrogen-bond donors (Lipinski definition) is 1. The molecule has 5 heteroatoms. The highest BCUT2D eigenvalue weighted by molar-refractivity contribution is 5.84. The van der Waals surface area contributed by atoms with E-state index in [9.17, 15) is 4.79 Å². The molecular formula is C20H26N2O3. The van der Waals surface area contributed by atoms with Crippen molar-refractivity contribution in [1.82, 2.24) is 10.2 Å². The van der Waals surface area contributed by atoms with E-state index in [4.69, 9.17) is 9.47 Å². The first-order chi connectivity index (χ1) is 11.9. The Bertz CT molecular complexity index is 767. The van der Waals surface area contributed by atoms with Gasteiger partial charge in [-0.3, -0.25) is 4.90 Å². The van der Waals surface area contributed by atoms with Crippen LogP contribution in [0.25, 0.3) is 10.8 Å². The van der Waals surface area contributed by atoms with Crippen molar-refractivity contribution in [1.29, 1.82) is 0 Å². The Balaban J connectivity index is 1.89. The monoisotopic (exact) mass is 342 g/mol. The molecule has 0 saturated carbocycles. The Morgan fingerprint density at radius 3 is 2.60 bits per heavy atom. The van der Waals surface area contributed by atoms with Crippen LogP contribution in [0.4, 0.5) is 4.79 Å². The lowest BCUT2D eigenvalue weighted by Gasteiger charge is -2.37. The van der Waals surface area contributed by atoms with Crippen molar-refractivity contribution in [2.45, 2.75) is 32.4 Å². The zero-order valence-corrected chi connectivity index (χ0v) is 15.3. The molecule has 0 aromatic heterocycles. The number of nitrogens with zero attached hydrogens (tertiary/aromatic N) is 1. The number of piperazine rings is 1. The van der Waals surface area contributed by atoms with Crippen LogP contribution in [-0.2, 0) is 4.74 Å². The van der Waals surface area contributed by atoms with Crippen molar-refractivity contribution in [2.24, 2.45) is 0 Å². The molecule has 134 valence electrons. The molecule has 1 atom stereocenters. The molecule has 1 fully saturated rings. The molecule has 1 saturated heterocycles. The van der Waals surface area contributed by atoms with E-state index in [1.54, 1.807) is 7.11 Å². The van der Waals surface area contributed by atoms with E-state index in [-0.39, 0.29) is 12.1 Å². The smallest absolute Gasteiger partial charge is 0.410 e. The topological polar surface area (TPSA) is 50.8 Å². The molecule has 5 nitrogen and oxygen atoms in total. The minimum atomic E-state index is -0.494. The van der Waals surface area contributed by atoms with Gasteiger partial charge in [-0.2, -0.15) is 0 Å². The summed E-state index contributed by atoms with van der Waals surface area (Å²) in [6, 6.07) is 12.3. The van der Waals surface area contributed by atoms with Gasteiger partial charge in [-0.25, -0.2) is 4.79 Å². The van der Waals surface area contributed by atoms with Gasteiger partial charge >= 0.3 is 6.09 Å². The molecule has 1 heterocycles. The number of amides is 1. The Labute approximate surface area is 148 Å². The maximum absolute atomic E-state index is 12.6. The van der Waals surface area contributed by atoms with Crippen molar-refractivity contribution in [3.8, 4) is 5.75 Å². The first kappa shape index (κ1) is 17.5. The molecule has 0 bridgehead atoms. The van der Waals surface area contributed by atoms with Gasteiger partial charge < -0.3 is 14.8 Å². The van der Waals surface area contributed by atoms with E-state index in [0.717, 1.165) is 35.2 Å². The average Bonchev–Trinajstić information content (AvgIpc) is 2.59. The Kier molecular flexibility index (Phi) is 4.86. The van der Waals surface area contributed by atoms with Crippen LogP contribution in [-0.4, -0.2) is 43.3 Å². The second kappa shape index (κ2) is 6.92. The Morgan fingerprint density at radius 2 is 1.88 bits per heavy atom. The summed E-state index contributed by atoms with van der Waals surface area (Å²) in [4.78, 5) is 14.4. The molecule has 1 amide bonds. The van der Waals surface area contributed by atoms with Gasteiger partial charge in [-0.1, -0.05) is 18.2 Å². The van der Waals surface area contributed by atoms with Crippen LogP contribution in [0, 0.1) is 0 Å². The fraction of sp³-hybridized carbons (Fsp3) is 0.450. The third kappa shape index (κ3) is 4.04. The standard InChI is InChI=1S/C20H26N2O3/c1-20(2,3)25-19(23)22-10-9-21-13-18(22)16-6-5-15-12-17(24-4)8-7-14(15)11-16/h5-8,11-12,18,21H,9-10,13H2,1-4H3. The highest BCUT2D eigenvalue weighted by Crippen LogP contribution is 2.29. The maximum Gasteiger partial charge on any atom is 0.410 e. The number of nitrogens with one attached hydrogen (secondary N) is 1. The summed E-state index contributed by atoms with van der Waals surface area (Å²) in [5, 5.41) is 5.63. The minimum absolute atomic E-state index is 0.0323. The highest BCUT2D eigenvalue weighted by atomic mass is 16.6. The second-order valence-electron chi connectivity index (χ2n) is 7.37. The Morgan fingerprint density at radius 1 is 1.16 bits per heavy atom. The molecule has 1 aliphatic rings. The second-order valence-corrected chi connectivity index (χ2v) is 7.37. The third-order valence-electron chi connectivity index (χ3n) is 4.33. The van der Waals surface area contributed by atoms with Crippen molar-refractivity contribution in [2.75, 3.05) is 26.7 Å². The number of methoxy groups -OCH3 is 1. The van der Waals surface area contributed by atoms with Crippen molar-refractivity contribution >= 4 is 16.9 Å². The molecule has 0 radical (unpaired) electrons. The van der Waals surface area contributed by atoms with E-state index in [1.807, 2.05) is 43.9 Å². The number of rotatable bonds is 2. The van der Waals surface area contributed by atoms with Crippen molar-refractivity contribution in [3.63, 3.8) is 0 Å². The van der Waals surface area contributed by atoms with E-state index in [1.165, 1.54) is 0 Å². The molecule has 1 aliphatic heterocycles. The number of benzene rings is 2. The van der Waals surface area contributed by atoms with E-state index < -0.39 is 5.60 Å². The lowest BCUT2D eigenvalue weighted by atomic mass is 9.99. The molecule has 1 N–H and O–H groups in total. The van der Waals surface area contributed by atoms with Gasteiger partial charge in [-0.05, 0) is 55.3 Å². The lowest BCUT2D eigenvalue weighted by Crippen LogP contribution is -2.50. The molecule has 2 aromatic rings. The lowest BCUT2D eigenvalue weighted by molar-refractivity contribution is 0.0118. The zero-order valence-electron chi connectivity index (χ0n) is 15.3. The van der Waals surface area contributed by atoms with Gasteiger partial charge in [-0.15, -0.1) is 0 Å². The predicted octanol–water partition coefficient (Wildman–Crippen LogP) is 3.73. The van der Waals surface area contributed by atoms with Crippen LogP contribution in [0.15, 0.2) is 36.4 Å². The largest absolute Gasteiger partial charge is 0.497 e. The fourth-order valence-corrected chi connectivity index (χ4v) is 3.12.